The van der Waals surface area contributed by atoms with Crippen molar-refractivity contribution < 1.29 is 29.0 Å². The van der Waals surface area contributed by atoms with Gasteiger partial charge in [-0.05, 0) is 50.8 Å². The van der Waals surface area contributed by atoms with Crippen molar-refractivity contribution >= 4 is 17.8 Å². The number of rotatable bonds is 10. The highest BCUT2D eigenvalue weighted by Crippen LogP contribution is 2.35. The minimum absolute atomic E-state index is 0.0690. The molecule has 0 spiro atoms. The van der Waals surface area contributed by atoms with Crippen molar-refractivity contribution in [3.8, 4) is 5.75 Å². The second-order valence-electron chi connectivity index (χ2n) is 8.14. The van der Waals surface area contributed by atoms with Crippen molar-refractivity contribution in [1.29, 1.82) is 0 Å². The fourth-order valence-corrected chi connectivity index (χ4v) is 4.09. The topological polar surface area (TPSA) is 119 Å². The number of carbonyl (C=O) groups is 3. The van der Waals surface area contributed by atoms with E-state index < -0.39 is 35.9 Å². The normalized spacial score (nSPS) is 23.9. The molecule has 5 atom stereocenters. The van der Waals surface area contributed by atoms with Gasteiger partial charge in [0.15, 0.2) is 0 Å². The molecule has 0 aliphatic carbocycles. The van der Waals surface area contributed by atoms with Crippen molar-refractivity contribution in [3.05, 3.63) is 29.8 Å². The number of nitrogens with two attached hydrogens (primary N) is 1. The Kier molecular flexibility index (Phi) is 9.00. The Morgan fingerprint density at radius 3 is 2.13 bits per heavy atom. The molecule has 0 bridgehead atoms. The van der Waals surface area contributed by atoms with E-state index in [1.54, 1.807) is 31.2 Å². The number of benzene rings is 1. The highest BCUT2D eigenvalue weighted by Gasteiger charge is 2.50. The molecule has 3 N–H and O–H groups in total. The molecular formula is C23H34N2O6. The third-order valence-corrected chi connectivity index (χ3v) is 5.60. The monoisotopic (exact) mass is 434 g/mol. The van der Waals surface area contributed by atoms with Crippen LogP contribution in [0, 0.1) is 11.8 Å². The summed E-state index contributed by atoms with van der Waals surface area (Å²) in [6.07, 6.45) is 1.05. The summed E-state index contributed by atoms with van der Waals surface area (Å²) in [6.45, 7) is 8.94. The summed E-state index contributed by atoms with van der Waals surface area (Å²) < 4.78 is 11.4. The predicted molar refractivity (Wildman–Crippen MR) is 116 cm³/mol. The Balaban J connectivity index is 2.12. The summed E-state index contributed by atoms with van der Waals surface area (Å²) in [6, 6.07) is 5.56. The molecule has 2 rings (SSSR count). The summed E-state index contributed by atoms with van der Waals surface area (Å²) in [4.78, 5) is 38.9. The van der Waals surface area contributed by atoms with E-state index in [9.17, 15) is 14.4 Å². The number of nitrogens with zero attached hydrogens (tertiary/aromatic N) is 1. The van der Waals surface area contributed by atoms with Gasteiger partial charge in [-0.25, -0.2) is 0 Å². The van der Waals surface area contributed by atoms with Crippen molar-refractivity contribution in [2.24, 2.45) is 17.6 Å². The highest BCUT2D eigenvalue weighted by atomic mass is 16.5. The van der Waals surface area contributed by atoms with Gasteiger partial charge in [-0.1, -0.05) is 26.0 Å². The number of carboxylic acid groups (broad SMARTS) is 1. The van der Waals surface area contributed by atoms with Crippen LogP contribution >= 0.6 is 0 Å². The van der Waals surface area contributed by atoms with Crippen LogP contribution in [0.1, 0.15) is 46.1 Å². The number of hydrogen-bond donors (Lipinski definition) is 2. The minimum atomic E-state index is -1.07. The maximum absolute atomic E-state index is 13.2. The molecule has 172 valence electrons. The van der Waals surface area contributed by atoms with Gasteiger partial charge in [0.25, 0.3) is 0 Å². The van der Waals surface area contributed by atoms with Crippen LogP contribution < -0.4 is 10.5 Å². The summed E-state index contributed by atoms with van der Waals surface area (Å²) in [5.74, 6) is -2.60. The van der Waals surface area contributed by atoms with Crippen LogP contribution in [0.4, 0.5) is 0 Å². The average molecular weight is 435 g/mol. The van der Waals surface area contributed by atoms with Gasteiger partial charge in [-0.15, -0.1) is 0 Å². The molecule has 0 radical (unpaired) electrons. The van der Waals surface area contributed by atoms with Gasteiger partial charge in [0.2, 0.25) is 5.91 Å². The van der Waals surface area contributed by atoms with Crippen LogP contribution in [0.25, 0.3) is 0 Å². The van der Waals surface area contributed by atoms with Gasteiger partial charge in [-0.3, -0.25) is 14.4 Å². The van der Waals surface area contributed by atoms with E-state index in [0.29, 0.717) is 18.8 Å². The van der Waals surface area contributed by atoms with E-state index >= 15 is 0 Å². The van der Waals surface area contributed by atoms with Crippen LogP contribution in [0.3, 0.4) is 0 Å². The number of aliphatic carboxylic acids is 1. The van der Waals surface area contributed by atoms with Crippen molar-refractivity contribution in [2.75, 3.05) is 13.1 Å². The summed E-state index contributed by atoms with van der Waals surface area (Å²) in [7, 11) is 0. The second kappa shape index (κ2) is 11.2. The van der Waals surface area contributed by atoms with Gasteiger partial charge in [0, 0.05) is 13.1 Å². The van der Waals surface area contributed by atoms with E-state index in [2.05, 4.69) is 0 Å². The van der Waals surface area contributed by atoms with Gasteiger partial charge < -0.3 is 25.2 Å². The first-order valence-electron chi connectivity index (χ1n) is 10.9. The molecule has 5 unspecified atom stereocenters. The summed E-state index contributed by atoms with van der Waals surface area (Å²) in [5.41, 5.74) is 6.28. The molecule has 1 amide bonds. The van der Waals surface area contributed by atoms with Crippen molar-refractivity contribution in [1.82, 2.24) is 4.90 Å². The Bertz CT molecular complexity index is 760. The van der Waals surface area contributed by atoms with E-state index in [1.807, 2.05) is 25.7 Å². The van der Waals surface area contributed by atoms with E-state index in [-0.39, 0.29) is 18.4 Å². The van der Waals surface area contributed by atoms with Crippen LogP contribution in [-0.4, -0.2) is 59.2 Å². The maximum atomic E-state index is 13.2. The lowest BCUT2D eigenvalue weighted by Crippen LogP contribution is -2.45. The number of hydrogen-bond acceptors (Lipinski definition) is 6. The fourth-order valence-electron chi connectivity index (χ4n) is 4.09. The first-order valence-corrected chi connectivity index (χ1v) is 10.9. The fraction of sp³-hybridized carbons (Fsp3) is 0.609. The van der Waals surface area contributed by atoms with Gasteiger partial charge >= 0.3 is 11.9 Å². The van der Waals surface area contributed by atoms with Gasteiger partial charge in [-0.2, -0.15) is 0 Å². The molecule has 8 nitrogen and oxygen atoms in total. The molecule has 1 fully saturated rings. The van der Waals surface area contributed by atoms with Crippen LogP contribution in [-0.2, 0) is 25.5 Å². The molecule has 1 aliphatic heterocycles. The smallest absolute Gasteiger partial charge is 0.320 e. The molecule has 1 saturated heterocycles. The number of ether oxygens (including phenoxy) is 2. The van der Waals surface area contributed by atoms with Crippen LogP contribution in [0.2, 0.25) is 0 Å². The molecule has 8 heteroatoms. The highest BCUT2D eigenvalue weighted by molar-refractivity contribution is 5.87. The molecule has 1 aromatic rings. The zero-order valence-corrected chi connectivity index (χ0v) is 18.7. The zero-order chi connectivity index (χ0) is 23.1. The predicted octanol–water partition coefficient (Wildman–Crippen LogP) is 2.23. The Morgan fingerprint density at radius 1 is 1.06 bits per heavy atom. The lowest BCUT2D eigenvalue weighted by Gasteiger charge is -2.28. The Hall–Kier alpha value is -2.45. The lowest BCUT2D eigenvalue weighted by molar-refractivity contribution is -0.147. The largest absolute Gasteiger partial charge is 0.480 e. The van der Waals surface area contributed by atoms with E-state index in [1.165, 1.54) is 0 Å². The SMILES string of the molecule is CCCN(CCC)C(=O)C1C(C)OC(C)C1C(=O)Oc1ccc(CC(N)C(=O)O)cc1. The summed E-state index contributed by atoms with van der Waals surface area (Å²) >= 11 is 0. The lowest BCUT2D eigenvalue weighted by atomic mass is 9.86. The van der Waals surface area contributed by atoms with E-state index in [4.69, 9.17) is 20.3 Å². The van der Waals surface area contributed by atoms with Crippen molar-refractivity contribution in [3.63, 3.8) is 0 Å². The average Bonchev–Trinajstić information content (AvgIpc) is 3.02. The number of carboxylic acids is 1. The molecule has 31 heavy (non-hydrogen) atoms. The van der Waals surface area contributed by atoms with Gasteiger partial charge in [0.05, 0.1) is 24.0 Å². The molecule has 0 saturated carbocycles. The Morgan fingerprint density at radius 2 is 1.61 bits per heavy atom. The first-order chi connectivity index (χ1) is 14.7. The number of carbonyl (C=O) groups excluding carboxylic acids is 2. The Labute approximate surface area is 183 Å². The number of amides is 1. The molecule has 1 aromatic carbocycles. The van der Waals surface area contributed by atoms with Crippen molar-refractivity contribution in [2.45, 2.75) is 65.2 Å². The second-order valence-corrected chi connectivity index (χ2v) is 8.14. The molecule has 0 aromatic heterocycles. The standard InChI is InChI=1S/C23H34N2O6/c1-5-11-25(12-6-2)21(26)19-14(3)30-15(4)20(19)23(29)31-17-9-7-16(8-10-17)13-18(24)22(27)28/h7-10,14-15,18-20H,5-6,11-13,24H2,1-4H3,(H,27,28). The van der Waals surface area contributed by atoms with Crippen LogP contribution in [0.5, 0.6) is 5.75 Å². The maximum Gasteiger partial charge on any atom is 0.320 e. The molecule has 1 heterocycles. The molecule has 1 aliphatic rings. The summed E-state index contributed by atoms with van der Waals surface area (Å²) in [5, 5.41) is 8.92. The third-order valence-electron chi connectivity index (χ3n) is 5.60. The first kappa shape index (κ1) is 24.8. The minimum Gasteiger partial charge on any atom is -0.480 e. The van der Waals surface area contributed by atoms with Gasteiger partial charge in [0.1, 0.15) is 11.8 Å². The quantitative estimate of drug-likeness (QED) is 0.428. The van der Waals surface area contributed by atoms with E-state index in [0.717, 1.165) is 18.4 Å². The molecular weight excluding hydrogens is 400 g/mol. The number of esters is 1. The zero-order valence-electron chi connectivity index (χ0n) is 18.7. The van der Waals surface area contributed by atoms with Crippen LogP contribution in [0.15, 0.2) is 24.3 Å². The third kappa shape index (κ3) is 6.27.